The highest BCUT2D eigenvalue weighted by Gasteiger charge is 2.48. The Bertz CT molecular complexity index is 865. The van der Waals surface area contributed by atoms with Crippen molar-refractivity contribution in [2.75, 3.05) is 13.1 Å². The van der Waals surface area contributed by atoms with Gasteiger partial charge in [-0.25, -0.2) is 0 Å². The van der Waals surface area contributed by atoms with Gasteiger partial charge in [0.25, 0.3) is 5.91 Å². The third-order valence-electron chi connectivity index (χ3n) is 4.95. The van der Waals surface area contributed by atoms with Gasteiger partial charge < -0.3 is 15.2 Å². The molecule has 0 atom stereocenters. The highest BCUT2D eigenvalue weighted by atomic mass is 35.5. The maximum Gasteiger partial charge on any atom is 0.270 e. The average Bonchev–Trinajstić information content (AvgIpc) is 3.08. The molecule has 2 aliphatic heterocycles. The maximum absolute atomic E-state index is 12.7. The number of carbonyl (C=O) groups is 3. The molecule has 4 rings (SSSR count). The number of H-pyrrole nitrogens is 1. The molecule has 2 aromatic rings. The highest BCUT2D eigenvalue weighted by Crippen LogP contribution is 2.29. The molecule has 2 saturated heterocycles. The minimum Gasteiger partial charge on any atom is -0.351 e. The van der Waals surface area contributed by atoms with Crippen molar-refractivity contribution in [3.63, 3.8) is 0 Å². The first-order valence-corrected chi connectivity index (χ1v) is 8.26. The zero-order chi connectivity index (χ0) is 16.9. The van der Waals surface area contributed by atoms with E-state index in [9.17, 15) is 14.4 Å². The number of hydrogen-bond donors (Lipinski definition) is 2. The Labute approximate surface area is 143 Å². The smallest absolute Gasteiger partial charge is 0.270 e. The van der Waals surface area contributed by atoms with Crippen LogP contribution in [0.2, 0.25) is 5.02 Å². The van der Waals surface area contributed by atoms with Gasteiger partial charge in [-0.3, -0.25) is 14.4 Å². The van der Waals surface area contributed by atoms with Crippen molar-refractivity contribution < 1.29 is 14.4 Å². The molecular weight excluding hydrogens is 330 g/mol. The number of Topliss-reactive ketones (excluding diaryl/α,β-unsaturated/α-hetero) is 1. The molecule has 0 aliphatic carbocycles. The van der Waals surface area contributed by atoms with E-state index in [2.05, 4.69) is 10.3 Å². The van der Waals surface area contributed by atoms with Gasteiger partial charge in [0.1, 0.15) is 11.2 Å². The van der Waals surface area contributed by atoms with E-state index in [0.29, 0.717) is 36.6 Å². The predicted molar refractivity (Wildman–Crippen MR) is 88.9 cm³/mol. The molecule has 0 radical (unpaired) electrons. The molecular formula is C17H16ClN3O3. The molecule has 2 amide bonds. The van der Waals surface area contributed by atoms with Gasteiger partial charge in [-0.1, -0.05) is 11.6 Å². The van der Waals surface area contributed by atoms with Crippen LogP contribution in [0.25, 0.3) is 10.9 Å². The lowest BCUT2D eigenvalue weighted by Gasteiger charge is -2.37. The van der Waals surface area contributed by atoms with Crippen molar-refractivity contribution in [1.29, 1.82) is 0 Å². The summed E-state index contributed by atoms with van der Waals surface area (Å²) in [5.41, 5.74) is 0.599. The number of halogens is 1. The van der Waals surface area contributed by atoms with Crippen molar-refractivity contribution in [3.8, 4) is 0 Å². The number of likely N-dealkylation sites (tertiary alicyclic amines) is 1. The summed E-state index contributed by atoms with van der Waals surface area (Å²) in [6.07, 6.45) is 0.890. The topological polar surface area (TPSA) is 82.3 Å². The van der Waals surface area contributed by atoms with E-state index in [1.165, 1.54) is 0 Å². The number of nitrogens with zero attached hydrogens (tertiary/aromatic N) is 1. The average molecular weight is 346 g/mol. The minimum absolute atomic E-state index is 0.0449. The molecule has 7 heteroatoms. The number of aromatic nitrogens is 1. The number of hydrogen-bond acceptors (Lipinski definition) is 3. The van der Waals surface area contributed by atoms with Gasteiger partial charge in [0.05, 0.1) is 6.42 Å². The fraction of sp³-hybridized carbons (Fsp3) is 0.353. The van der Waals surface area contributed by atoms with Crippen LogP contribution in [0.4, 0.5) is 0 Å². The molecule has 24 heavy (non-hydrogen) atoms. The van der Waals surface area contributed by atoms with Crippen LogP contribution in [0.5, 0.6) is 0 Å². The van der Waals surface area contributed by atoms with E-state index < -0.39 is 5.54 Å². The normalized spacial score (nSPS) is 20.0. The Hall–Kier alpha value is -2.34. The number of amides is 2. The van der Waals surface area contributed by atoms with Crippen molar-refractivity contribution >= 4 is 40.1 Å². The number of piperidine rings is 1. The molecule has 124 valence electrons. The Balaban J connectivity index is 1.51. The number of carbonyl (C=O) groups excluding carboxylic acids is 3. The third-order valence-corrected chi connectivity index (χ3v) is 5.19. The fourth-order valence-corrected chi connectivity index (χ4v) is 3.76. The standard InChI is InChI=1S/C17H16ClN3O3/c18-11-1-2-12-10(7-11)8-13(19-12)16(24)21-5-3-17(4-6-21)14(22)9-15(23)20-17/h1-2,7-8,19H,3-6,9H2,(H,20,23). The molecule has 0 saturated carbocycles. The first-order chi connectivity index (χ1) is 11.5. The number of ketones is 1. The van der Waals surface area contributed by atoms with Crippen molar-refractivity contribution in [3.05, 3.63) is 35.0 Å². The first kappa shape index (κ1) is 15.2. The largest absolute Gasteiger partial charge is 0.351 e. The van der Waals surface area contributed by atoms with Gasteiger partial charge in [-0.15, -0.1) is 0 Å². The van der Waals surface area contributed by atoms with E-state index in [-0.39, 0.29) is 24.0 Å². The summed E-state index contributed by atoms with van der Waals surface area (Å²) in [5.74, 6) is -0.374. The molecule has 2 N–H and O–H groups in total. The van der Waals surface area contributed by atoms with E-state index in [1.54, 1.807) is 17.0 Å². The van der Waals surface area contributed by atoms with Crippen LogP contribution in [-0.2, 0) is 9.59 Å². The SMILES string of the molecule is O=C1CC(=O)C2(CCN(C(=O)c3cc4cc(Cl)ccc4[nH]3)CC2)N1. The molecule has 1 aromatic heterocycles. The van der Waals surface area contributed by atoms with Crippen LogP contribution in [-0.4, -0.2) is 46.1 Å². The maximum atomic E-state index is 12.7. The highest BCUT2D eigenvalue weighted by molar-refractivity contribution is 6.31. The number of fused-ring (bicyclic) bond motifs is 1. The second-order valence-electron chi connectivity index (χ2n) is 6.44. The summed E-state index contributed by atoms with van der Waals surface area (Å²) >= 11 is 5.98. The van der Waals surface area contributed by atoms with Crippen LogP contribution in [0.3, 0.4) is 0 Å². The van der Waals surface area contributed by atoms with E-state index >= 15 is 0 Å². The molecule has 1 aromatic carbocycles. The Kier molecular flexibility index (Phi) is 3.38. The monoisotopic (exact) mass is 345 g/mol. The number of nitrogens with one attached hydrogen (secondary N) is 2. The summed E-state index contributed by atoms with van der Waals surface area (Å²) < 4.78 is 0. The molecule has 1 spiro atoms. The molecule has 3 heterocycles. The van der Waals surface area contributed by atoms with E-state index in [0.717, 1.165) is 10.9 Å². The number of rotatable bonds is 1. The summed E-state index contributed by atoms with van der Waals surface area (Å²) in [7, 11) is 0. The van der Waals surface area contributed by atoms with Crippen molar-refractivity contribution in [2.24, 2.45) is 0 Å². The van der Waals surface area contributed by atoms with Crippen LogP contribution in [0, 0.1) is 0 Å². The molecule has 2 fully saturated rings. The van der Waals surface area contributed by atoms with Crippen LogP contribution in [0.1, 0.15) is 29.8 Å². The van der Waals surface area contributed by atoms with Crippen LogP contribution in [0.15, 0.2) is 24.3 Å². The zero-order valence-electron chi connectivity index (χ0n) is 12.9. The van der Waals surface area contributed by atoms with Gasteiger partial charge in [0, 0.05) is 29.0 Å². The number of benzene rings is 1. The second kappa shape index (κ2) is 5.34. The van der Waals surface area contributed by atoms with Crippen LogP contribution < -0.4 is 5.32 Å². The molecule has 6 nitrogen and oxygen atoms in total. The Morgan fingerprint density at radius 1 is 1.17 bits per heavy atom. The lowest BCUT2D eigenvalue weighted by molar-refractivity contribution is -0.124. The molecule has 2 aliphatic rings. The van der Waals surface area contributed by atoms with Gasteiger partial charge in [0.2, 0.25) is 5.91 Å². The second-order valence-corrected chi connectivity index (χ2v) is 6.87. The Morgan fingerprint density at radius 3 is 2.58 bits per heavy atom. The Morgan fingerprint density at radius 2 is 1.92 bits per heavy atom. The van der Waals surface area contributed by atoms with Gasteiger partial charge in [-0.2, -0.15) is 0 Å². The summed E-state index contributed by atoms with van der Waals surface area (Å²) in [6, 6.07) is 7.21. The lowest BCUT2D eigenvalue weighted by atomic mass is 9.85. The fourth-order valence-electron chi connectivity index (χ4n) is 3.58. The lowest BCUT2D eigenvalue weighted by Crippen LogP contribution is -2.55. The quantitative estimate of drug-likeness (QED) is 0.774. The van der Waals surface area contributed by atoms with Gasteiger partial charge in [-0.05, 0) is 37.1 Å². The summed E-state index contributed by atoms with van der Waals surface area (Å²) in [5, 5.41) is 4.30. The molecule has 0 bridgehead atoms. The summed E-state index contributed by atoms with van der Waals surface area (Å²) in [6.45, 7) is 0.891. The number of aromatic amines is 1. The van der Waals surface area contributed by atoms with E-state index in [4.69, 9.17) is 11.6 Å². The van der Waals surface area contributed by atoms with Crippen LogP contribution >= 0.6 is 11.6 Å². The van der Waals surface area contributed by atoms with E-state index in [1.807, 2.05) is 12.1 Å². The molecule has 0 unspecified atom stereocenters. The first-order valence-electron chi connectivity index (χ1n) is 7.89. The van der Waals surface area contributed by atoms with Crippen molar-refractivity contribution in [2.45, 2.75) is 24.8 Å². The van der Waals surface area contributed by atoms with Crippen molar-refractivity contribution in [1.82, 2.24) is 15.2 Å². The third kappa shape index (κ3) is 2.38. The minimum atomic E-state index is -0.762. The van der Waals surface area contributed by atoms with Gasteiger partial charge >= 0.3 is 0 Å². The predicted octanol–water partition coefficient (Wildman–Crippen LogP) is 1.89. The summed E-state index contributed by atoms with van der Waals surface area (Å²) in [4.78, 5) is 41.0. The van der Waals surface area contributed by atoms with Gasteiger partial charge in [0.15, 0.2) is 5.78 Å². The zero-order valence-corrected chi connectivity index (χ0v) is 13.7.